The average molecular weight is 143 g/mol. The van der Waals surface area contributed by atoms with Gasteiger partial charge in [0.1, 0.15) is 0 Å². The van der Waals surface area contributed by atoms with Crippen molar-refractivity contribution < 1.29 is 14.9 Å². The van der Waals surface area contributed by atoms with E-state index in [2.05, 4.69) is 4.74 Å². The lowest BCUT2D eigenvalue weighted by Crippen LogP contribution is -2.31. The second-order valence-corrected chi connectivity index (χ2v) is 1.66. The average Bonchev–Trinajstić information content (AvgIpc) is 1.99. The first-order chi connectivity index (χ1) is 4.74. The Bertz CT molecular complexity index is 163. The maximum absolute atomic E-state index is 10.5. The number of hydrogen-bond donors (Lipinski definition) is 2. The highest BCUT2D eigenvalue weighted by Gasteiger charge is 2.03. The van der Waals surface area contributed by atoms with E-state index in [0.717, 1.165) is 0 Å². The Kier molecular flexibility index (Phi) is 3.95. The van der Waals surface area contributed by atoms with Crippen molar-refractivity contribution in [3.05, 3.63) is 11.8 Å². The quantitative estimate of drug-likeness (QED) is 0.362. The Morgan fingerprint density at radius 2 is 2.40 bits per heavy atom. The molecule has 0 amide bonds. The second-order valence-electron chi connectivity index (χ2n) is 1.66. The molecule has 4 nitrogen and oxygen atoms in total. The molecule has 0 rings (SSSR count). The third-order valence-corrected chi connectivity index (χ3v) is 1.00. The van der Waals surface area contributed by atoms with Crippen molar-refractivity contribution in [1.29, 1.82) is 0 Å². The summed E-state index contributed by atoms with van der Waals surface area (Å²) in [6.07, 6.45) is 2.68. The topological polar surface area (TPSA) is 77.9 Å². The SMILES string of the molecule is COC(=O)C/C(C=[NH2+])=C/N. The third kappa shape index (κ3) is 2.86. The lowest BCUT2D eigenvalue weighted by Gasteiger charge is -1.94. The fourth-order valence-corrected chi connectivity index (χ4v) is 0.412. The molecular weight excluding hydrogens is 132 g/mol. The molecule has 0 bridgehead atoms. The summed E-state index contributed by atoms with van der Waals surface area (Å²) in [5.74, 6) is -0.349. The van der Waals surface area contributed by atoms with Crippen LogP contribution in [0.25, 0.3) is 0 Å². The summed E-state index contributed by atoms with van der Waals surface area (Å²) in [6, 6.07) is 0. The summed E-state index contributed by atoms with van der Waals surface area (Å²) >= 11 is 0. The highest BCUT2D eigenvalue weighted by atomic mass is 16.5. The van der Waals surface area contributed by atoms with E-state index in [4.69, 9.17) is 11.1 Å². The molecule has 0 aliphatic heterocycles. The van der Waals surface area contributed by atoms with E-state index >= 15 is 0 Å². The van der Waals surface area contributed by atoms with Gasteiger partial charge in [-0.3, -0.25) is 10.2 Å². The third-order valence-electron chi connectivity index (χ3n) is 1.00. The van der Waals surface area contributed by atoms with E-state index in [1.165, 1.54) is 19.5 Å². The molecule has 0 atom stereocenters. The molecule has 0 saturated carbocycles. The van der Waals surface area contributed by atoms with E-state index in [0.29, 0.717) is 5.57 Å². The molecule has 0 aromatic rings. The van der Waals surface area contributed by atoms with Crippen molar-refractivity contribution in [2.75, 3.05) is 7.11 Å². The maximum atomic E-state index is 10.5. The first-order valence-electron chi connectivity index (χ1n) is 2.77. The molecule has 0 aromatic heterocycles. The summed E-state index contributed by atoms with van der Waals surface area (Å²) in [5, 5.41) is 5.11. The smallest absolute Gasteiger partial charge is 0.310 e. The largest absolute Gasteiger partial charge is 0.469 e. The van der Waals surface area contributed by atoms with E-state index in [9.17, 15) is 4.79 Å². The zero-order chi connectivity index (χ0) is 7.98. The van der Waals surface area contributed by atoms with Crippen molar-refractivity contribution in [3.8, 4) is 0 Å². The molecular formula is C6H11N2O2+. The predicted molar refractivity (Wildman–Crippen MR) is 36.9 cm³/mol. The van der Waals surface area contributed by atoms with Crippen LogP contribution in [-0.2, 0) is 9.53 Å². The van der Waals surface area contributed by atoms with Gasteiger partial charge in [0.05, 0.1) is 13.5 Å². The normalized spacial score (nSPS) is 10.7. The Labute approximate surface area is 59.2 Å². The van der Waals surface area contributed by atoms with Gasteiger partial charge in [0.15, 0.2) is 6.21 Å². The van der Waals surface area contributed by atoms with Crippen LogP contribution in [0.2, 0.25) is 0 Å². The van der Waals surface area contributed by atoms with Crippen molar-refractivity contribution in [3.63, 3.8) is 0 Å². The van der Waals surface area contributed by atoms with Gasteiger partial charge in [-0.15, -0.1) is 0 Å². The molecule has 56 valence electrons. The number of carbonyl (C=O) groups is 1. The lowest BCUT2D eigenvalue weighted by atomic mass is 10.2. The molecule has 10 heavy (non-hydrogen) atoms. The van der Waals surface area contributed by atoms with Crippen molar-refractivity contribution in [2.24, 2.45) is 5.73 Å². The van der Waals surface area contributed by atoms with Crippen LogP contribution in [0.4, 0.5) is 0 Å². The number of hydrogen-bond acceptors (Lipinski definition) is 3. The molecule has 0 heterocycles. The molecule has 0 aliphatic rings. The van der Waals surface area contributed by atoms with E-state index in [1.54, 1.807) is 0 Å². The van der Waals surface area contributed by atoms with Gasteiger partial charge in [0.2, 0.25) is 0 Å². The standard InChI is InChI=1S/C6H10N2O2/c1-10-6(9)2-5(3-7)4-8/h3-4,7H,2,8H2,1H3/p+1/b5-4-,7-3?. The first kappa shape index (κ1) is 8.68. The number of esters is 1. The Balaban J connectivity index is 3.87. The molecule has 0 aromatic carbocycles. The summed E-state index contributed by atoms with van der Waals surface area (Å²) in [4.78, 5) is 10.5. The molecule has 0 fully saturated rings. The molecule has 4 heteroatoms. The minimum atomic E-state index is -0.349. The van der Waals surface area contributed by atoms with Crippen molar-refractivity contribution in [2.45, 2.75) is 6.42 Å². The minimum absolute atomic E-state index is 0.128. The molecule has 0 radical (unpaired) electrons. The fourth-order valence-electron chi connectivity index (χ4n) is 0.412. The van der Waals surface area contributed by atoms with Crippen molar-refractivity contribution >= 4 is 12.2 Å². The van der Waals surface area contributed by atoms with E-state index < -0.39 is 0 Å². The zero-order valence-corrected chi connectivity index (χ0v) is 5.83. The van der Waals surface area contributed by atoms with Gasteiger partial charge < -0.3 is 10.5 Å². The monoisotopic (exact) mass is 143 g/mol. The molecule has 0 unspecified atom stereocenters. The van der Waals surface area contributed by atoms with Gasteiger partial charge in [0, 0.05) is 11.8 Å². The van der Waals surface area contributed by atoms with Gasteiger partial charge >= 0.3 is 5.97 Å². The summed E-state index contributed by atoms with van der Waals surface area (Å²) in [5.41, 5.74) is 5.67. The highest BCUT2D eigenvalue weighted by molar-refractivity contribution is 5.84. The summed E-state index contributed by atoms with van der Waals surface area (Å²) < 4.78 is 4.37. The first-order valence-corrected chi connectivity index (χ1v) is 2.77. The van der Waals surface area contributed by atoms with Crippen LogP contribution < -0.4 is 11.1 Å². The van der Waals surface area contributed by atoms with Gasteiger partial charge in [-0.25, -0.2) is 0 Å². The number of ether oxygens (including phenoxy) is 1. The Morgan fingerprint density at radius 3 is 2.70 bits per heavy atom. The molecule has 0 saturated heterocycles. The van der Waals surface area contributed by atoms with Crippen molar-refractivity contribution in [1.82, 2.24) is 0 Å². The Hall–Kier alpha value is -1.32. The van der Waals surface area contributed by atoms with Crippen LogP contribution in [0.3, 0.4) is 0 Å². The van der Waals surface area contributed by atoms with E-state index in [-0.39, 0.29) is 12.4 Å². The number of nitrogens with two attached hydrogens (primary N) is 2. The number of carbonyl (C=O) groups excluding carboxylic acids is 1. The van der Waals surface area contributed by atoms with Gasteiger partial charge in [-0.2, -0.15) is 0 Å². The van der Waals surface area contributed by atoms with Crippen LogP contribution in [-0.4, -0.2) is 19.3 Å². The van der Waals surface area contributed by atoms with Gasteiger partial charge in [0.25, 0.3) is 0 Å². The van der Waals surface area contributed by atoms with Crippen LogP contribution >= 0.6 is 0 Å². The second kappa shape index (κ2) is 4.55. The number of methoxy groups -OCH3 is 1. The number of rotatable bonds is 3. The zero-order valence-electron chi connectivity index (χ0n) is 5.83. The lowest BCUT2D eigenvalue weighted by molar-refractivity contribution is -0.140. The van der Waals surface area contributed by atoms with Gasteiger partial charge in [-0.1, -0.05) is 0 Å². The molecule has 4 N–H and O–H groups in total. The highest BCUT2D eigenvalue weighted by Crippen LogP contribution is 1.94. The summed E-state index contributed by atoms with van der Waals surface area (Å²) in [6.45, 7) is 0. The minimum Gasteiger partial charge on any atom is -0.469 e. The van der Waals surface area contributed by atoms with Crippen LogP contribution in [0.1, 0.15) is 6.42 Å². The van der Waals surface area contributed by atoms with Crippen LogP contribution in [0, 0.1) is 0 Å². The van der Waals surface area contributed by atoms with E-state index in [1.807, 2.05) is 0 Å². The molecule has 0 spiro atoms. The van der Waals surface area contributed by atoms with Gasteiger partial charge in [-0.05, 0) is 0 Å². The summed E-state index contributed by atoms with van der Waals surface area (Å²) in [7, 11) is 1.31. The predicted octanol–water partition coefficient (Wildman–Crippen LogP) is -1.78. The van der Waals surface area contributed by atoms with Crippen LogP contribution in [0.5, 0.6) is 0 Å². The fraction of sp³-hybridized carbons (Fsp3) is 0.333. The van der Waals surface area contributed by atoms with Crippen LogP contribution in [0.15, 0.2) is 11.8 Å². The Morgan fingerprint density at radius 1 is 1.80 bits per heavy atom. The maximum Gasteiger partial charge on any atom is 0.310 e. The molecule has 0 aliphatic carbocycles.